The highest BCUT2D eigenvalue weighted by atomic mass is 16.6. The molecular formula is C14H16N2O8. The van der Waals surface area contributed by atoms with Crippen LogP contribution in [0.4, 0.5) is 11.4 Å². The Hall–Kier alpha value is -3.04. The first-order chi connectivity index (χ1) is 11.0. The molecule has 10 nitrogen and oxygen atoms in total. The lowest BCUT2D eigenvalue weighted by Gasteiger charge is -2.16. The molecule has 0 aliphatic carbocycles. The Bertz CT molecular complexity index is 646. The molecule has 1 aromatic rings. The number of nitro groups is 2. The van der Waals surface area contributed by atoms with Crippen LogP contribution in [0.3, 0.4) is 0 Å². The van der Waals surface area contributed by atoms with Gasteiger partial charge in [0.2, 0.25) is 0 Å². The summed E-state index contributed by atoms with van der Waals surface area (Å²) in [4.78, 5) is 43.1. The largest absolute Gasteiger partial charge is 0.462 e. The molecule has 0 spiro atoms. The molecule has 0 N–H and O–H groups in total. The monoisotopic (exact) mass is 340 g/mol. The molecular weight excluding hydrogens is 324 g/mol. The van der Waals surface area contributed by atoms with Gasteiger partial charge in [-0.1, -0.05) is 0 Å². The zero-order valence-electron chi connectivity index (χ0n) is 13.3. The van der Waals surface area contributed by atoms with Crippen LogP contribution >= 0.6 is 0 Å². The van der Waals surface area contributed by atoms with Crippen molar-refractivity contribution in [2.75, 3.05) is 13.2 Å². The normalized spacial score (nSPS) is 10.8. The highest BCUT2D eigenvalue weighted by Gasteiger charge is 2.23. The topological polar surface area (TPSA) is 139 Å². The van der Waals surface area contributed by atoms with E-state index in [4.69, 9.17) is 9.47 Å². The quantitative estimate of drug-likeness (QED) is 0.332. The van der Waals surface area contributed by atoms with E-state index in [0.29, 0.717) is 0 Å². The summed E-state index contributed by atoms with van der Waals surface area (Å²) in [6.45, 7) is 4.49. The molecule has 0 aliphatic rings. The van der Waals surface area contributed by atoms with Gasteiger partial charge in [-0.2, -0.15) is 0 Å². The molecule has 0 unspecified atom stereocenters. The fourth-order valence-corrected chi connectivity index (χ4v) is 1.49. The first-order valence-electron chi connectivity index (χ1n) is 6.80. The molecule has 0 fully saturated rings. The van der Waals surface area contributed by atoms with Gasteiger partial charge in [0.25, 0.3) is 11.4 Å². The van der Waals surface area contributed by atoms with Crippen LogP contribution in [-0.2, 0) is 14.3 Å². The number of benzene rings is 1. The number of carbonyl (C=O) groups is 2. The fraction of sp³-hybridized carbons (Fsp3) is 0.429. The van der Waals surface area contributed by atoms with Gasteiger partial charge in [-0.15, -0.1) is 0 Å². The molecule has 24 heavy (non-hydrogen) atoms. The number of esters is 2. The highest BCUT2D eigenvalue weighted by Crippen LogP contribution is 2.23. The number of nitro benzene ring substituents is 2. The van der Waals surface area contributed by atoms with Crippen LogP contribution in [0.2, 0.25) is 0 Å². The molecule has 0 saturated carbocycles. The van der Waals surface area contributed by atoms with Crippen LogP contribution in [0.25, 0.3) is 0 Å². The Morgan fingerprint density at radius 1 is 0.958 bits per heavy atom. The Kier molecular flexibility index (Phi) is 5.93. The van der Waals surface area contributed by atoms with E-state index in [-0.39, 0.29) is 18.8 Å². The number of hydrogen-bond donors (Lipinski definition) is 0. The Morgan fingerprint density at radius 2 is 1.42 bits per heavy atom. The summed E-state index contributed by atoms with van der Waals surface area (Å²) in [5.41, 5.74) is -2.24. The summed E-state index contributed by atoms with van der Waals surface area (Å²) < 4.78 is 9.68. The lowest BCUT2D eigenvalue weighted by Crippen LogP contribution is -2.25. The third-order valence-corrected chi connectivity index (χ3v) is 2.72. The predicted molar refractivity (Wildman–Crippen MR) is 80.4 cm³/mol. The number of hydrogen-bond acceptors (Lipinski definition) is 8. The molecule has 1 rings (SSSR count). The van der Waals surface area contributed by atoms with Gasteiger partial charge in [0.1, 0.15) is 13.2 Å². The summed E-state index contributed by atoms with van der Waals surface area (Å²) >= 11 is 0. The lowest BCUT2D eigenvalue weighted by molar-refractivity contribution is -0.394. The van der Waals surface area contributed by atoms with E-state index in [2.05, 4.69) is 0 Å². The van der Waals surface area contributed by atoms with Crippen molar-refractivity contribution in [2.24, 2.45) is 5.41 Å². The van der Waals surface area contributed by atoms with E-state index >= 15 is 0 Å². The van der Waals surface area contributed by atoms with Crippen LogP contribution in [0.1, 0.15) is 31.1 Å². The third-order valence-electron chi connectivity index (χ3n) is 2.72. The first kappa shape index (κ1) is 19.0. The second kappa shape index (κ2) is 7.49. The van der Waals surface area contributed by atoms with E-state index in [1.165, 1.54) is 0 Å². The summed E-state index contributed by atoms with van der Waals surface area (Å²) in [5.74, 6) is -1.47. The minimum atomic E-state index is -0.992. The van der Waals surface area contributed by atoms with Crippen molar-refractivity contribution in [3.8, 4) is 0 Å². The maximum absolute atomic E-state index is 11.8. The van der Waals surface area contributed by atoms with E-state index in [1.54, 1.807) is 20.8 Å². The van der Waals surface area contributed by atoms with E-state index in [0.717, 1.165) is 18.2 Å². The van der Waals surface area contributed by atoms with Crippen molar-refractivity contribution in [1.29, 1.82) is 0 Å². The molecule has 130 valence electrons. The molecule has 0 amide bonds. The van der Waals surface area contributed by atoms with Crippen LogP contribution in [0.15, 0.2) is 18.2 Å². The van der Waals surface area contributed by atoms with Gasteiger partial charge in [0.15, 0.2) is 0 Å². The molecule has 0 radical (unpaired) electrons. The number of nitrogens with zero attached hydrogens (tertiary/aromatic N) is 2. The Balaban J connectivity index is 2.73. The standard InChI is InChI=1S/C14H16N2O8/c1-14(2,3)13(18)24-5-4-23-12(17)9-6-10(15(19)20)8-11(7-9)16(21)22/h6-8H,4-5H2,1-3H3. The zero-order chi connectivity index (χ0) is 18.5. The first-order valence-corrected chi connectivity index (χ1v) is 6.80. The zero-order valence-corrected chi connectivity index (χ0v) is 13.3. The van der Waals surface area contributed by atoms with E-state index in [9.17, 15) is 29.8 Å². The van der Waals surface area contributed by atoms with Crippen molar-refractivity contribution < 1.29 is 28.9 Å². The Labute approximate surface area is 136 Å². The third kappa shape index (κ3) is 5.30. The molecule has 0 saturated heterocycles. The van der Waals surface area contributed by atoms with Gasteiger partial charge in [-0.05, 0) is 20.8 Å². The molecule has 0 bridgehead atoms. The smallest absolute Gasteiger partial charge is 0.338 e. The van der Waals surface area contributed by atoms with Gasteiger partial charge >= 0.3 is 11.9 Å². The van der Waals surface area contributed by atoms with Crippen molar-refractivity contribution in [2.45, 2.75) is 20.8 Å². The lowest BCUT2D eigenvalue weighted by atomic mass is 9.97. The van der Waals surface area contributed by atoms with Gasteiger partial charge < -0.3 is 9.47 Å². The van der Waals surface area contributed by atoms with Crippen molar-refractivity contribution in [3.63, 3.8) is 0 Å². The average molecular weight is 340 g/mol. The molecule has 1 aromatic carbocycles. The number of non-ortho nitro benzene ring substituents is 2. The Morgan fingerprint density at radius 3 is 1.83 bits per heavy atom. The van der Waals surface area contributed by atoms with Crippen molar-refractivity contribution in [1.82, 2.24) is 0 Å². The molecule has 0 aliphatic heterocycles. The minimum absolute atomic E-state index is 0.196. The van der Waals surface area contributed by atoms with Crippen molar-refractivity contribution >= 4 is 23.3 Å². The van der Waals surface area contributed by atoms with Crippen LogP contribution in [0, 0.1) is 25.6 Å². The SMILES string of the molecule is CC(C)(C)C(=O)OCCOC(=O)c1cc([N+](=O)[O-])cc([N+](=O)[O-])c1. The average Bonchev–Trinajstić information content (AvgIpc) is 2.49. The molecule has 0 aromatic heterocycles. The van der Waals surface area contributed by atoms with Gasteiger partial charge in [0, 0.05) is 12.1 Å². The number of carbonyl (C=O) groups excluding carboxylic acids is 2. The predicted octanol–water partition coefficient (Wildman–Crippen LogP) is 2.25. The van der Waals surface area contributed by atoms with Crippen molar-refractivity contribution in [3.05, 3.63) is 44.0 Å². The maximum atomic E-state index is 11.8. The maximum Gasteiger partial charge on any atom is 0.338 e. The molecule has 0 heterocycles. The van der Waals surface area contributed by atoms with Gasteiger partial charge in [0.05, 0.1) is 26.9 Å². The van der Waals surface area contributed by atoms with E-state index in [1.807, 2.05) is 0 Å². The highest BCUT2D eigenvalue weighted by molar-refractivity contribution is 5.91. The second-order valence-corrected chi connectivity index (χ2v) is 5.77. The fourth-order valence-electron chi connectivity index (χ4n) is 1.49. The van der Waals surface area contributed by atoms with Crippen LogP contribution < -0.4 is 0 Å². The molecule has 10 heteroatoms. The van der Waals surface area contributed by atoms with Crippen LogP contribution in [0.5, 0.6) is 0 Å². The van der Waals surface area contributed by atoms with Crippen LogP contribution in [-0.4, -0.2) is 35.0 Å². The number of rotatable bonds is 6. The number of ether oxygens (including phenoxy) is 2. The molecule has 0 atom stereocenters. The van der Waals surface area contributed by atoms with Gasteiger partial charge in [-0.3, -0.25) is 25.0 Å². The summed E-state index contributed by atoms with van der Waals surface area (Å²) in [7, 11) is 0. The van der Waals surface area contributed by atoms with Gasteiger partial charge in [-0.25, -0.2) is 4.79 Å². The minimum Gasteiger partial charge on any atom is -0.462 e. The summed E-state index contributed by atoms with van der Waals surface area (Å²) in [6, 6.07) is 2.48. The summed E-state index contributed by atoms with van der Waals surface area (Å²) in [6.07, 6.45) is 0. The summed E-state index contributed by atoms with van der Waals surface area (Å²) in [5, 5.41) is 21.5. The van der Waals surface area contributed by atoms with E-state index < -0.39 is 38.6 Å². The second-order valence-electron chi connectivity index (χ2n) is 5.77.